The molecule has 0 aliphatic heterocycles. The molecule has 3 aromatic rings. The van der Waals surface area contributed by atoms with Gasteiger partial charge in [0.1, 0.15) is 5.69 Å². The third kappa shape index (κ3) is 1.45. The standard InChI is InChI=1S/C13H10N2O3/c16-6-7-2-1-3-9-12(7)8-4-10(13(17)18)14-5-11(8)15-9/h1-5,15-16H,6H2,(H,17,18). The molecule has 0 atom stereocenters. The lowest BCUT2D eigenvalue weighted by molar-refractivity contribution is 0.0691. The molecule has 18 heavy (non-hydrogen) atoms. The van der Waals surface area contributed by atoms with Crippen LogP contribution < -0.4 is 0 Å². The number of rotatable bonds is 2. The fourth-order valence-corrected chi connectivity index (χ4v) is 2.18. The number of carboxylic acid groups (broad SMARTS) is 1. The van der Waals surface area contributed by atoms with Crippen LogP contribution in [0.15, 0.2) is 30.5 Å². The highest BCUT2D eigenvalue weighted by atomic mass is 16.4. The fraction of sp³-hybridized carbons (Fsp3) is 0.0769. The first kappa shape index (κ1) is 10.7. The molecule has 0 saturated carbocycles. The van der Waals surface area contributed by atoms with Crippen LogP contribution >= 0.6 is 0 Å². The van der Waals surface area contributed by atoms with Gasteiger partial charge in [-0.1, -0.05) is 12.1 Å². The minimum Gasteiger partial charge on any atom is -0.477 e. The van der Waals surface area contributed by atoms with Gasteiger partial charge in [-0.15, -0.1) is 0 Å². The largest absolute Gasteiger partial charge is 0.477 e. The van der Waals surface area contributed by atoms with Gasteiger partial charge in [0, 0.05) is 16.3 Å². The minimum absolute atomic E-state index is 0.00357. The van der Waals surface area contributed by atoms with Crippen LogP contribution in [-0.2, 0) is 6.61 Å². The van der Waals surface area contributed by atoms with Crippen molar-refractivity contribution in [2.45, 2.75) is 6.61 Å². The molecule has 0 aliphatic carbocycles. The lowest BCUT2D eigenvalue weighted by atomic mass is 10.1. The van der Waals surface area contributed by atoms with Crippen LogP contribution in [0.3, 0.4) is 0 Å². The molecular formula is C13H10N2O3. The summed E-state index contributed by atoms with van der Waals surface area (Å²) < 4.78 is 0. The van der Waals surface area contributed by atoms with Crippen LogP contribution in [0.25, 0.3) is 21.8 Å². The van der Waals surface area contributed by atoms with Crippen molar-refractivity contribution in [3.05, 3.63) is 41.7 Å². The van der Waals surface area contributed by atoms with E-state index in [1.807, 2.05) is 18.2 Å². The second-order valence-corrected chi connectivity index (χ2v) is 4.04. The molecule has 0 bridgehead atoms. The van der Waals surface area contributed by atoms with E-state index in [9.17, 15) is 9.90 Å². The number of pyridine rings is 1. The van der Waals surface area contributed by atoms with Crippen LogP contribution in [0.1, 0.15) is 16.1 Å². The monoisotopic (exact) mass is 242 g/mol. The lowest BCUT2D eigenvalue weighted by Gasteiger charge is -1.99. The molecule has 2 heterocycles. The van der Waals surface area contributed by atoms with E-state index in [-0.39, 0.29) is 12.3 Å². The van der Waals surface area contributed by atoms with Crippen molar-refractivity contribution in [1.82, 2.24) is 9.97 Å². The summed E-state index contributed by atoms with van der Waals surface area (Å²) in [6.45, 7) is -0.0883. The molecule has 5 nitrogen and oxygen atoms in total. The van der Waals surface area contributed by atoms with Gasteiger partial charge in [-0.2, -0.15) is 0 Å². The number of aliphatic hydroxyl groups is 1. The average Bonchev–Trinajstić information content (AvgIpc) is 2.75. The maximum Gasteiger partial charge on any atom is 0.354 e. The Morgan fingerprint density at radius 1 is 1.33 bits per heavy atom. The number of hydrogen-bond acceptors (Lipinski definition) is 3. The second kappa shape index (κ2) is 3.82. The first-order valence-electron chi connectivity index (χ1n) is 5.44. The zero-order valence-electron chi connectivity index (χ0n) is 9.34. The third-order valence-corrected chi connectivity index (χ3v) is 2.98. The molecule has 90 valence electrons. The molecule has 0 spiro atoms. The number of benzene rings is 1. The van der Waals surface area contributed by atoms with Crippen molar-refractivity contribution in [3.8, 4) is 0 Å². The summed E-state index contributed by atoms with van der Waals surface area (Å²) in [5, 5.41) is 19.9. The second-order valence-electron chi connectivity index (χ2n) is 4.04. The fourth-order valence-electron chi connectivity index (χ4n) is 2.18. The van der Waals surface area contributed by atoms with Gasteiger partial charge in [0.15, 0.2) is 0 Å². The Morgan fingerprint density at radius 3 is 2.89 bits per heavy atom. The number of fused-ring (bicyclic) bond motifs is 3. The van der Waals surface area contributed by atoms with E-state index in [1.54, 1.807) is 0 Å². The summed E-state index contributed by atoms with van der Waals surface area (Å²) in [6.07, 6.45) is 1.50. The summed E-state index contributed by atoms with van der Waals surface area (Å²) >= 11 is 0. The van der Waals surface area contributed by atoms with E-state index in [4.69, 9.17) is 5.11 Å². The highest BCUT2D eigenvalue weighted by Gasteiger charge is 2.11. The molecule has 2 aromatic heterocycles. The predicted molar refractivity (Wildman–Crippen MR) is 66.5 cm³/mol. The Morgan fingerprint density at radius 2 is 2.17 bits per heavy atom. The van der Waals surface area contributed by atoms with Gasteiger partial charge in [-0.05, 0) is 17.7 Å². The highest BCUT2D eigenvalue weighted by Crippen LogP contribution is 2.28. The molecule has 5 heteroatoms. The Kier molecular flexibility index (Phi) is 2.28. The normalized spacial score (nSPS) is 11.2. The van der Waals surface area contributed by atoms with Crippen LogP contribution in [0, 0.1) is 0 Å². The zero-order chi connectivity index (χ0) is 12.7. The van der Waals surface area contributed by atoms with Crippen LogP contribution in [0.2, 0.25) is 0 Å². The molecule has 0 amide bonds. The number of aromatic carboxylic acids is 1. The van der Waals surface area contributed by atoms with E-state index < -0.39 is 5.97 Å². The van der Waals surface area contributed by atoms with Gasteiger partial charge in [0.25, 0.3) is 0 Å². The molecule has 0 aliphatic rings. The quantitative estimate of drug-likeness (QED) is 0.640. The number of aliphatic hydroxyl groups excluding tert-OH is 1. The number of H-pyrrole nitrogens is 1. The first-order valence-corrected chi connectivity index (χ1v) is 5.44. The molecule has 0 radical (unpaired) electrons. The number of carboxylic acids is 1. The predicted octanol–water partition coefficient (Wildman–Crippen LogP) is 1.91. The van der Waals surface area contributed by atoms with Gasteiger partial charge in [-0.3, -0.25) is 0 Å². The number of aromatic nitrogens is 2. The molecule has 0 saturated heterocycles. The Hall–Kier alpha value is -2.40. The number of nitrogens with one attached hydrogen (secondary N) is 1. The SMILES string of the molecule is O=C(O)c1cc2c(cn1)[nH]c1cccc(CO)c12. The van der Waals surface area contributed by atoms with E-state index in [0.717, 1.165) is 27.4 Å². The van der Waals surface area contributed by atoms with Crippen molar-refractivity contribution in [2.75, 3.05) is 0 Å². The van der Waals surface area contributed by atoms with Gasteiger partial charge >= 0.3 is 5.97 Å². The van der Waals surface area contributed by atoms with E-state index in [2.05, 4.69) is 9.97 Å². The third-order valence-electron chi connectivity index (χ3n) is 2.98. The molecule has 0 unspecified atom stereocenters. The molecule has 0 fully saturated rings. The summed E-state index contributed by atoms with van der Waals surface area (Å²) in [5.74, 6) is -1.06. The van der Waals surface area contributed by atoms with E-state index in [0.29, 0.717) is 0 Å². The molecule has 3 N–H and O–H groups in total. The van der Waals surface area contributed by atoms with E-state index >= 15 is 0 Å². The van der Waals surface area contributed by atoms with Crippen LogP contribution in [0.5, 0.6) is 0 Å². The van der Waals surface area contributed by atoms with Crippen LogP contribution in [0.4, 0.5) is 0 Å². The topological polar surface area (TPSA) is 86.2 Å². The van der Waals surface area contributed by atoms with Gasteiger partial charge in [0.05, 0.1) is 18.3 Å². The van der Waals surface area contributed by atoms with Crippen molar-refractivity contribution < 1.29 is 15.0 Å². The van der Waals surface area contributed by atoms with Gasteiger partial charge in [0.2, 0.25) is 0 Å². The minimum atomic E-state index is -1.06. The molecule has 1 aromatic carbocycles. The van der Waals surface area contributed by atoms with Crippen LogP contribution in [-0.4, -0.2) is 26.2 Å². The number of hydrogen-bond donors (Lipinski definition) is 3. The lowest BCUT2D eigenvalue weighted by Crippen LogP contribution is -1.98. The average molecular weight is 242 g/mol. The smallest absolute Gasteiger partial charge is 0.354 e. The molecule has 3 rings (SSSR count). The Labute approximate surface area is 102 Å². The first-order chi connectivity index (χ1) is 8.70. The van der Waals surface area contributed by atoms with Crippen molar-refractivity contribution >= 4 is 27.8 Å². The molecular weight excluding hydrogens is 232 g/mol. The van der Waals surface area contributed by atoms with Crippen molar-refractivity contribution in [1.29, 1.82) is 0 Å². The Bertz CT molecular complexity index is 761. The van der Waals surface area contributed by atoms with Gasteiger partial charge in [-0.25, -0.2) is 9.78 Å². The summed E-state index contributed by atoms with van der Waals surface area (Å²) in [4.78, 5) is 18.0. The highest BCUT2D eigenvalue weighted by molar-refractivity contribution is 6.10. The Balaban J connectivity index is 2.45. The number of carbonyl (C=O) groups is 1. The van der Waals surface area contributed by atoms with E-state index in [1.165, 1.54) is 12.3 Å². The summed E-state index contributed by atoms with van der Waals surface area (Å²) in [5.41, 5.74) is 2.38. The van der Waals surface area contributed by atoms with Crippen molar-refractivity contribution in [2.24, 2.45) is 0 Å². The van der Waals surface area contributed by atoms with Crippen molar-refractivity contribution in [3.63, 3.8) is 0 Å². The zero-order valence-corrected chi connectivity index (χ0v) is 9.34. The number of aromatic amines is 1. The van der Waals surface area contributed by atoms with Gasteiger partial charge < -0.3 is 15.2 Å². The maximum atomic E-state index is 10.9. The number of nitrogens with zero attached hydrogens (tertiary/aromatic N) is 1. The maximum absolute atomic E-state index is 10.9. The summed E-state index contributed by atoms with van der Waals surface area (Å²) in [7, 11) is 0. The summed E-state index contributed by atoms with van der Waals surface area (Å²) in [6, 6.07) is 7.07.